The van der Waals surface area contributed by atoms with Gasteiger partial charge < -0.3 is 52.1 Å². The Labute approximate surface area is 343 Å². The van der Waals surface area contributed by atoms with Crippen LogP contribution in [-0.4, -0.2) is 119 Å². The number of ether oxygens (including phenoxy) is 3. The topological polar surface area (TPSA) is 336 Å². The number of carbonyl (C=O) groups is 11. The van der Waals surface area contributed by atoms with Crippen molar-refractivity contribution in [3.63, 3.8) is 0 Å². The largest absolute Gasteiger partial charge is 0.481 e. The van der Waals surface area contributed by atoms with Crippen LogP contribution in [-0.2, 0) is 57.4 Å². The number of benzene rings is 2. The lowest BCUT2D eigenvalue weighted by Gasteiger charge is -2.26. The number of Topliss-reactive ketones (excluding diaryl/α,β-unsaturated/α-hetero) is 2. The fourth-order valence-electron chi connectivity index (χ4n) is 4.97. The average Bonchev–Trinajstić information content (AvgIpc) is 3.18. The van der Waals surface area contributed by atoms with Crippen molar-refractivity contribution in [2.45, 2.75) is 103 Å². The molecular weight excluding hydrogens is 792 g/mol. The van der Waals surface area contributed by atoms with Crippen molar-refractivity contribution in [1.29, 1.82) is 0 Å². The minimum Gasteiger partial charge on any atom is -0.481 e. The zero-order chi connectivity index (χ0) is 45.4. The Balaban J connectivity index is 2.55. The molecule has 0 saturated carbocycles. The van der Waals surface area contributed by atoms with E-state index in [1.807, 2.05) is 0 Å². The minimum atomic E-state index is -2.64. The monoisotopic (exact) mass is 840 g/mol. The molecule has 2 unspecified atom stereocenters. The molecule has 2 aromatic carbocycles. The molecule has 0 aliphatic rings. The van der Waals surface area contributed by atoms with Gasteiger partial charge in [0.15, 0.2) is 6.29 Å². The predicted octanol–water partition coefficient (Wildman–Crippen LogP) is -1.57. The van der Waals surface area contributed by atoms with Gasteiger partial charge in [0.1, 0.15) is 24.2 Å². The third kappa shape index (κ3) is 14.8. The Morgan fingerprint density at radius 2 is 1.02 bits per heavy atom. The number of aldehydes is 1. The number of aliphatic carboxylic acids is 1. The summed E-state index contributed by atoms with van der Waals surface area (Å²) in [6.07, 6.45) is -7.39. The number of amides is 4. The van der Waals surface area contributed by atoms with Crippen LogP contribution in [0.5, 0.6) is 0 Å². The fraction of sp³-hybridized carbons (Fsp3) is 0.410. The van der Waals surface area contributed by atoms with Gasteiger partial charge in [0.05, 0.1) is 36.1 Å². The molecule has 0 saturated heterocycles. The van der Waals surface area contributed by atoms with E-state index >= 15 is 0 Å². The summed E-state index contributed by atoms with van der Waals surface area (Å²) in [6.45, 7) is 8.05. The van der Waals surface area contributed by atoms with Crippen LogP contribution in [0.4, 0.5) is 0 Å². The van der Waals surface area contributed by atoms with E-state index in [9.17, 15) is 57.8 Å². The smallest absolute Gasteiger partial charge is 0.341 e. The predicted molar refractivity (Wildman–Crippen MR) is 206 cm³/mol. The standard InChI is InChI=1S/C39H48N6O15/c1-18-11-7-9-13-24(18)37(56)58-28(17-46)31(50)27(45-36(55)23(6)43-34(53)21(4)41)16-30(49)59-39(60-38(57)25-14-10-8-12-19(25)2)32(51)26(15-29(47)48)44-35(54)22(5)42-33(52)20(3)40/h7-14,17,20-23,26-28,39H,15-16,40-41H2,1-6H3,(H,42,52)(H,43,53)(H,44,54)(H,45,55)(H,47,48)/t20-,21-,22-,23-,26-,27-,28?,39?/m0/s1. The lowest BCUT2D eigenvalue weighted by molar-refractivity contribution is -0.178. The molecule has 0 aromatic heterocycles. The molecule has 8 atom stereocenters. The van der Waals surface area contributed by atoms with E-state index in [-0.39, 0.29) is 17.4 Å². The number of hydrogen-bond acceptors (Lipinski definition) is 16. The molecule has 0 fully saturated rings. The Morgan fingerprint density at radius 1 is 0.600 bits per heavy atom. The molecule has 0 aliphatic carbocycles. The molecular formula is C39H48N6O15. The lowest BCUT2D eigenvalue weighted by atomic mass is 10.0. The van der Waals surface area contributed by atoms with Gasteiger partial charge >= 0.3 is 30.2 Å². The lowest BCUT2D eigenvalue weighted by Crippen LogP contribution is -2.56. The second-order valence-electron chi connectivity index (χ2n) is 13.6. The van der Waals surface area contributed by atoms with Crippen molar-refractivity contribution in [1.82, 2.24) is 21.3 Å². The number of carbonyl (C=O) groups excluding carboxylic acids is 10. The molecule has 4 amide bonds. The fourth-order valence-corrected chi connectivity index (χ4v) is 4.97. The number of carboxylic acids is 1. The summed E-state index contributed by atoms with van der Waals surface area (Å²) in [4.78, 5) is 142. The van der Waals surface area contributed by atoms with E-state index in [4.69, 9.17) is 25.7 Å². The first-order valence-corrected chi connectivity index (χ1v) is 18.3. The average molecular weight is 841 g/mol. The van der Waals surface area contributed by atoms with Crippen molar-refractivity contribution >= 4 is 65.4 Å². The third-order valence-electron chi connectivity index (χ3n) is 8.45. The van der Waals surface area contributed by atoms with Gasteiger partial charge in [-0.15, -0.1) is 0 Å². The maximum atomic E-state index is 13.9. The summed E-state index contributed by atoms with van der Waals surface area (Å²) in [5.74, 6) is -12.3. The second-order valence-corrected chi connectivity index (χ2v) is 13.6. The first-order valence-electron chi connectivity index (χ1n) is 18.3. The normalized spacial score (nSPS) is 14.7. The van der Waals surface area contributed by atoms with Crippen molar-refractivity contribution < 1.29 is 72.1 Å². The van der Waals surface area contributed by atoms with Gasteiger partial charge in [-0.3, -0.25) is 43.2 Å². The Hall–Kier alpha value is -6.87. The van der Waals surface area contributed by atoms with Gasteiger partial charge in [-0.25, -0.2) is 9.59 Å². The zero-order valence-corrected chi connectivity index (χ0v) is 33.5. The van der Waals surface area contributed by atoms with E-state index < -0.39 is 121 Å². The number of nitrogens with two attached hydrogens (primary N) is 2. The maximum Gasteiger partial charge on any atom is 0.341 e. The van der Waals surface area contributed by atoms with E-state index in [2.05, 4.69) is 21.3 Å². The Bertz CT molecular complexity index is 1980. The van der Waals surface area contributed by atoms with Crippen LogP contribution < -0.4 is 32.7 Å². The summed E-state index contributed by atoms with van der Waals surface area (Å²) < 4.78 is 15.6. The zero-order valence-electron chi connectivity index (χ0n) is 33.5. The van der Waals surface area contributed by atoms with Gasteiger partial charge in [0.25, 0.3) is 0 Å². The highest BCUT2D eigenvalue weighted by Crippen LogP contribution is 2.16. The highest BCUT2D eigenvalue weighted by Gasteiger charge is 2.39. The van der Waals surface area contributed by atoms with E-state index in [0.717, 1.165) is 0 Å². The van der Waals surface area contributed by atoms with Gasteiger partial charge in [-0.1, -0.05) is 36.4 Å². The number of carboxylic acid groups (broad SMARTS) is 1. The Morgan fingerprint density at radius 3 is 1.42 bits per heavy atom. The minimum absolute atomic E-state index is 0.0325. The molecule has 324 valence electrons. The van der Waals surface area contributed by atoms with Crippen LogP contribution in [0.2, 0.25) is 0 Å². The molecule has 0 aliphatic heterocycles. The van der Waals surface area contributed by atoms with Crippen molar-refractivity contribution in [2.24, 2.45) is 11.5 Å². The van der Waals surface area contributed by atoms with Gasteiger partial charge in [-0.2, -0.15) is 0 Å². The van der Waals surface area contributed by atoms with Crippen molar-refractivity contribution in [3.05, 3.63) is 70.8 Å². The van der Waals surface area contributed by atoms with E-state index in [1.54, 1.807) is 25.1 Å². The quantitative estimate of drug-likeness (QED) is 0.0305. The second kappa shape index (κ2) is 22.9. The summed E-state index contributed by atoms with van der Waals surface area (Å²) in [5, 5.41) is 18.4. The number of rotatable bonds is 22. The van der Waals surface area contributed by atoms with Crippen LogP contribution in [0, 0.1) is 13.8 Å². The van der Waals surface area contributed by atoms with E-state index in [1.165, 1.54) is 65.0 Å². The molecule has 21 nitrogen and oxygen atoms in total. The van der Waals surface area contributed by atoms with Crippen LogP contribution in [0.1, 0.15) is 72.4 Å². The summed E-state index contributed by atoms with van der Waals surface area (Å²) >= 11 is 0. The molecule has 60 heavy (non-hydrogen) atoms. The first-order chi connectivity index (χ1) is 28.1. The molecule has 0 radical (unpaired) electrons. The van der Waals surface area contributed by atoms with Crippen LogP contribution in [0.15, 0.2) is 48.5 Å². The number of esters is 3. The number of nitrogens with one attached hydrogen (secondary N) is 4. The SMILES string of the molecule is Cc1ccccc1C(=O)OC(C=O)C(=O)[C@H](CC(=O)OC(OC(=O)c1ccccc1C)C(=O)[C@H](CC(=O)O)NC(=O)[C@H](C)NC(=O)[C@H](C)N)NC(=O)[C@H](C)NC(=O)[C@H](C)N. The highest BCUT2D eigenvalue weighted by atomic mass is 16.7. The molecule has 2 aromatic rings. The molecule has 0 bridgehead atoms. The van der Waals surface area contributed by atoms with Crippen LogP contribution in [0.25, 0.3) is 0 Å². The molecule has 2 rings (SSSR count). The van der Waals surface area contributed by atoms with Crippen LogP contribution >= 0.6 is 0 Å². The van der Waals surface area contributed by atoms with Gasteiger partial charge in [0.2, 0.25) is 41.3 Å². The Kier molecular flexibility index (Phi) is 18.8. The molecule has 9 N–H and O–H groups in total. The molecule has 21 heteroatoms. The molecule has 0 spiro atoms. The molecule has 0 heterocycles. The third-order valence-corrected chi connectivity index (χ3v) is 8.45. The number of hydrogen-bond donors (Lipinski definition) is 7. The number of ketones is 2. The van der Waals surface area contributed by atoms with E-state index in [0.29, 0.717) is 11.1 Å². The first kappa shape index (κ1) is 49.3. The van der Waals surface area contributed by atoms with Crippen molar-refractivity contribution in [2.75, 3.05) is 0 Å². The summed E-state index contributed by atoms with van der Waals surface area (Å²) in [7, 11) is 0. The number of aryl methyl sites for hydroxylation is 2. The van der Waals surface area contributed by atoms with Crippen molar-refractivity contribution in [3.8, 4) is 0 Å². The maximum absolute atomic E-state index is 13.9. The van der Waals surface area contributed by atoms with Gasteiger partial charge in [-0.05, 0) is 64.8 Å². The van der Waals surface area contributed by atoms with Gasteiger partial charge in [0, 0.05) is 0 Å². The summed E-state index contributed by atoms with van der Waals surface area (Å²) in [5.41, 5.74) is 11.6. The highest BCUT2D eigenvalue weighted by molar-refractivity contribution is 6.06. The summed E-state index contributed by atoms with van der Waals surface area (Å²) in [6, 6.07) is 2.64. The van der Waals surface area contributed by atoms with Crippen LogP contribution in [0.3, 0.4) is 0 Å².